The molecule has 0 heterocycles. The van der Waals surface area contributed by atoms with Gasteiger partial charge in [0.05, 0.1) is 24.3 Å². The van der Waals surface area contributed by atoms with Gasteiger partial charge in [0.25, 0.3) is 11.8 Å². The molecule has 32 heavy (non-hydrogen) atoms. The molecule has 1 aromatic carbocycles. The molecule has 0 aliphatic rings. The summed E-state index contributed by atoms with van der Waals surface area (Å²) < 4.78 is 11.5. The Kier molecular flexibility index (Phi) is 11.8. The van der Waals surface area contributed by atoms with E-state index in [2.05, 4.69) is 9.98 Å². The van der Waals surface area contributed by atoms with Crippen molar-refractivity contribution < 1.29 is 19.1 Å². The molecule has 178 valence electrons. The number of hydrogen-bond acceptors (Lipinski definition) is 6. The van der Waals surface area contributed by atoms with Gasteiger partial charge in [-0.1, -0.05) is 0 Å². The lowest BCUT2D eigenvalue weighted by Gasteiger charge is -2.15. The number of amides is 2. The molecule has 0 aliphatic heterocycles. The lowest BCUT2D eigenvalue weighted by atomic mass is 10.1. The number of rotatable bonds is 16. The molecule has 0 aliphatic carbocycles. The number of benzene rings is 1. The number of ether oxygens (including phenoxy) is 2. The van der Waals surface area contributed by atoms with Crippen molar-refractivity contribution >= 4 is 23.7 Å². The number of nitrogens with two attached hydrogens (primary N) is 6. The van der Waals surface area contributed by atoms with Gasteiger partial charge in [0, 0.05) is 19.2 Å². The largest absolute Gasteiger partial charge is 0.493 e. The Labute approximate surface area is 187 Å². The zero-order valence-corrected chi connectivity index (χ0v) is 18.2. The molecule has 12 N–H and O–H groups in total. The molecule has 0 aromatic heterocycles. The first-order valence-corrected chi connectivity index (χ1v) is 10.4. The average Bonchev–Trinajstić information content (AvgIpc) is 2.71. The van der Waals surface area contributed by atoms with E-state index in [1.807, 2.05) is 0 Å². The van der Waals surface area contributed by atoms with Crippen LogP contribution in [0.25, 0.3) is 0 Å². The predicted octanol–water partition coefficient (Wildman–Crippen LogP) is -0.471. The Hall–Kier alpha value is -3.70. The third-order valence-electron chi connectivity index (χ3n) is 4.32. The second-order valence-corrected chi connectivity index (χ2v) is 7.00. The molecule has 0 saturated heterocycles. The summed E-state index contributed by atoms with van der Waals surface area (Å²) in [6, 6.07) is 2.77. The smallest absolute Gasteiger partial charge is 0.252 e. The summed E-state index contributed by atoms with van der Waals surface area (Å²) >= 11 is 0. The number of carbonyl (C=O) groups excluding carboxylic acids is 2. The molecule has 0 spiro atoms. The van der Waals surface area contributed by atoms with Gasteiger partial charge in [-0.3, -0.25) is 19.6 Å². The first kappa shape index (κ1) is 26.3. The van der Waals surface area contributed by atoms with Crippen molar-refractivity contribution in [3.05, 3.63) is 23.3 Å². The summed E-state index contributed by atoms with van der Waals surface area (Å²) in [6.07, 6.45) is 4.66. The average molecular weight is 451 g/mol. The van der Waals surface area contributed by atoms with E-state index in [9.17, 15) is 9.59 Å². The summed E-state index contributed by atoms with van der Waals surface area (Å²) in [6.45, 7) is 1.74. The quantitative estimate of drug-likeness (QED) is 0.109. The van der Waals surface area contributed by atoms with Crippen LogP contribution in [0.5, 0.6) is 11.5 Å². The van der Waals surface area contributed by atoms with Crippen molar-refractivity contribution in [1.29, 1.82) is 0 Å². The molecule has 0 radical (unpaired) electrons. The van der Waals surface area contributed by atoms with Crippen LogP contribution >= 0.6 is 0 Å². The van der Waals surface area contributed by atoms with Gasteiger partial charge in [-0.2, -0.15) is 0 Å². The van der Waals surface area contributed by atoms with Crippen LogP contribution in [-0.2, 0) is 0 Å². The van der Waals surface area contributed by atoms with Gasteiger partial charge in [0.2, 0.25) is 0 Å². The van der Waals surface area contributed by atoms with Crippen molar-refractivity contribution in [2.24, 2.45) is 44.4 Å². The Morgan fingerprint density at radius 2 is 1.03 bits per heavy atom. The van der Waals surface area contributed by atoms with Crippen LogP contribution in [0.15, 0.2) is 22.1 Å². The number of unbranched alkanes of at least 4 members (excludes halogenated alkanes) is 4. The second-order valence-electron chi connectivity index (χ2n) is 7.00. The summed E-state index contributed by atoms with van der Waals surface area (Å²) in [4.78, 5) is 31.5. The van der Waals surface area contributed by atoms with Crippen LogP contribution in [0.1, 0.15) is 59.2 Å². The fraction of sp³-hybridized carbons (Fsp3) is 0.500. The lowest BCUT2D eigenvalue weighted by Crippen LogP contribution is -2.22. The molecule has 1 rings (SSSR count). The van der Waals surface area contributed by atoms with Gasteiger partial charge < -0.3 is 43.9 Å². The van der Waals surface area contributed by atoms with Crippen LogP contribution in [0.4, 0.5) is 0 Å². The molecule has 0 atom stereocenters. The van der Waals surface area contributed by atoms with Crippen LogP contribution in [0.3, 0.4) is 0 Å². The monoisotopic (exact) mass is 450 g/mol. The predicted molar refractivity (Wildman–Crippen MR) is 124 cm³/mol. The van der Waals surface area contributed by atoms with E-state index in [1.54, 1.807) is 0 Å². The molecule has 0 fully saturated rings. The zero-order chi connectivity index (χ0) is 23.9. The van der Waals surface area contributed by atoms with E-state index in [4.69, 9.17) is 43.9 Å². The molecular weight excluding hydrogens is 416 g/mol. The molecule has 0 bridgehead atoms. The van der Waals surface area contributed by atoms with Crippen molar-refractivity contribution in [3.8, 4) is 11.5 Å². The maximum absolute atomic E-state index is 11.8. The van der Waals surface area contributed by atoms with Crippen LogP contribution in [0.2, 0.25) is 0 Å². The Balaban J connectivity index is 2.71. The highest BCUT2D eigenvalue weighted by Crippen LogP contribution is 2.29. The Bertz CT molecular complexity index is 755. The van der Waals surface area contributed by atoms with Gasteiger partial charge in [-0.15, -0.1) is 0 Å². The van der Waals surface area contributed by atoms with Gasteiger partial charge >= 0.3 is 0 Å². The third-order valence-corrected chi connectivity index (χ3v) is 4.32. The van der Waals surface area contributed by atoms with E-state index in [-0.39, 0.29) is 34.5 Å². The zero-order valence-electron chi connectivity index (χ0n) is 18.2. The standard InChI is InChI=1S/C20H34N8O4/c21-17(29)13-11-14(18(22)30)16(32-10-6-2-4-8-28-20(25)26)12-15(13)31-9-5-1-3-7-27-19(23)24/h11-12H,1-10H2,(H2,21,29)(H2,22,30)(H4,23,24,27)(H4,25,26,28). The maximum Gasteiger partial charge on any atom is 0.252 e. The number of hydrogen-bond donors (Lipinski definition) is 6. The second kappa shape index (κ2) is 14.3. The van der Waals surface area contributed by atoms with Crippen LogP contribution in [0, 0.1) is 0 Å². The number of guanidine groups is 2. The van der Waals surface area contributed by atoms with E-state index >= 15 is 0 Å². The highest BCUT2D eigenvalue weighted by atomic mass is 16.5. The Morgan fingerprint density at radius 1 is 0.625 bits per heavy atom. The highest BCUT2D eigenvalue weighted by Gasteiger charge is 2.19. The fourth-order valence-electron chi connectivity index (χ4n) is 2.75. The molecule has 0 saturated carbocycles. The number of carbonyl (C=O) groups is 2. The van der Waals surface area contributed by atoms with Crippen molar-refractivity contribution in [2.75, 3.05) is 26.3 Å². The van der Waals surface area contributed by atoms with Gasteiger partial charge in [0.1, 0.15) is 11.5 Å². The molecule has 0 unspecified atom stereocenters. The van der Waals surface area contributed by atoms with Crippen molar-refractivity contribution in [2.45, 2.75) is 38.5 Å². The number of primary amides is 2. The van der Waals surface area contributed by atoms with E-state index < -0.39 is 11.8 Å². The maximum atomic E-state index is 11.8. The van der Waals surface area contributed by atoms with E-state index in [0.29, 0.717) is 39.1 Å². The first-order valence-electron chi connectivity index (χ1n) is 10.4. The first-order chi connectivity index (χ1) is 15.2. The van der Waals surface area contributed by atoms with Gasteiger partial charge in [0.15, 0.2) is 11.9 Å². The minimum Gasteiger partial charge on any atom is -0.493 e. The Morgan fingerprint density at radius 3 is 1.38 bits per heavy atom. The normalized spacial score (nSPS) is 10.2. The molecule has 2 amide bonds. The lowest BCUT2D eigenvalue weighted by molar-refractivity contribution is 0.0995. The van der Waals surface area contributed by atoms with Crippen molar-refractivity contribution in [3.63, 3.8) is 0 Å². The summed E-state index contributed by atoms with van der Waals surface area (Å²) in [5.41, 5.74) is 32.1. The van der Waals surface area contributed by atoms with E-state index in [0.717, 1.165) is 25.7 Å². The topological polar surface area (TPSA) is 233 Å². The summed E-state index contributed by atoms with van der Waals surface area (Å²) in [7, 11) is 0. The SMILES string of the molecule is NC(=O)c1cc(C(N)=O)c(OCCCCCN=C(N)N)cc1OCCCCCN=C(N)N. The molecule has 12 nitrogen and oxygen atoms in total. The number of nitrogens with zero attached hydrogens (tertiary/aromatic N) is 2. The summed E-state index contributed by atoms with van der Waals surface area (Å²) in [5.74, 6) is -0.890. The van der Waals surface area contributed by atoms with Crippen molar-refractivity contribution in [1.82, 2.24) is 0 Å². The molecular formula is C20H34N8O4. The third kappa shape index (κ3) is 10.4. The fourth-order valence-corrected chi connectivity index (χ4v) is 2.75. The molecule has 12 heteroatoms. The highest BCUT2D eigenvalue weighted by molar-refractivity contribution is 6.02. The van der Waals surface area contributed by atoms with E-state index in [1.165, 1.54) is 12.1 Å². The van der Waals surface area contributed by atoms with Gasteiger partial charge in [-0.25, -0.2) is 0 Å². The minimum atomic E-state index is -0.735. The summed E-state index contributed by atoms with van der Waals surface area (Å²) in [5, 5.41) is 0. The number of aliphatic imine (C=N–C) groups is 2. The van der Waals surface area contributed by atoms with Crippen LogP contribution in [-0.4, -0.2) is 50.0 Å². The minimum absolute atomic E-state index is 0.0585. The molecule has 1 aromatic rings. The van der Waals surface area contributed by atoms with Gasteiger partial charge in [-0.05, 0) is 44.6 Å². The van der Waals surface area contributed by atoms with Crippen LogP contribution < -0.4 is 43.9 Å².